The lowest BCUT2D eigenvalue weighted by Gasteiger charge is -2.24. The molecule has 0 atom stereocenters. The molecule has 0 fully saturated rings. The Balaban J connectivity index is 2.09. The second-order valence-electron chi connectivity index (χ2n) is 9.53. The summed E-state index contributed by atoms with van der Waals surface area (Å²) in [5.41, 5.74) is 2.21. The number of unbranched alkanes of at least 4 members (excludes halogenated alkanes) is 5. The SMILES string of the molecule is CCCCCCCCC(C)(C)OC(=O)C(C#N)=NNc1cccc2c1C(=O)N(C(CC)CC)C2=O. The maximum absolute atomic E-state index is 13.1. The molecule has 8 heteroatoms. The van der Waals surface area contributed by atoms with Crippen molar-refractivity contribution in [3.63, 3.8) is 0 Å². The maximum atomic E-state index is 13.1. The first kappa shape index (κ1) is 28.0. The van der Waals surface area contributed by atoms with Gasteiger partial charge in [0, 0.05) is 6.04 Å². The number of hydrogen-bond acceptors (Lipinski definition) is 7. The molecule has 0 saturated carbocycles. The highest BCUT2D eigenvalue weighted by Crippen LogP contribution is 2.32. The lowest BCUT2D eigenvalue weighted by Crippen LogP contribution is -2.39. The van der Waals surface area contributed by atoms with E-state index in [0.717, 1.165) is 19.3 Å². The van der Waals surface area contributed by atoms with Gasteiger partial charge in [0.25, 0.3) is 11.8 Å². The molecule has 2 rings (SSSR count). The van der Waals surface area contributed by atoms with Crippen LogP contribution in [-0.4, -0.2) is 40.0 Å². The van der Waals surface area contributed by atoms with Crippen molar-refractivity contribution in [2.24, 2.45) is 5.10 Å². The van der Waals surface area contributed by atoms with Crippen LogP contribution in [-0.2, 0) is 9.53 Å². The minimum Gasteiger partial charge on any atom is -0.454 e. The van der Waals surface area contributed by atoms with Gasteiger partial charge in [0.2, 0.25) is 5.71 Å². The quantitative estimate of drug-likeness (QED) is 0.117. The molecule has 1 heterocycles. The Kier molecular flexibility index (Phi) is 10.4. The monoisotopic (exact) mass is 482 g/mol. The van der Waals surface area contributed by atoms with Crippen LogP contribution in [0.4, 0.5) is 5.69 Å². The zero-order valence-electron chi connectivity index (χ0n) is 21.6. The second kappa shape index (κ2) is 13.0. The van der Waals surface area contributed by atoms with Crippen molar-refractivity contribution in [1.29, 1.82) is 5.26 Å². The van der Waals surface area contributed by atoms with Gasteiger partial charge in [0.1, 0.15) is 11.7 Å². The van der Waals surface area contributed by atoms with Crippen molar-refractivity contribution >= 4 is 29.2 Å². The molecule has 1 aromatic rings. The number of hydrogen-bond donors (Lipinski definition) is 1. The zero-order chi connectivity index (χ0) is 26.0. The fourth-order valence-corrected chi connectivity index (χ4v) is 4.30. The van der Waals surface area contributed by atoms with E-state index in [0.29, 0.717) is 19.3 Å². The first-order valence-corrected chi connectivity index (χ1v) is 12.7. The first-order chi connectivity index (χ1) is 16.7. The van der Waals surface area contributed by atoms with E-state index in [1.165, 1.54) is 24.2 Å². The van der Waals surface area contributed by atoms with E-state index in [9.17, 15) is 19.6 Å². The van der Waals surface area contributed by atoms with Crippen LogP contribution >= 0.6 is 0 Å². The molecule has 1 aliphatic heterocycles. The second-order valence-corrected chi connectivity index (χ2v) is 9.53. The van der Waals surface area contributed by atoms with E-state index in [2.05, 4.69) is 17.5 Å². The van der Waals surface area contributed by atoms with Crippen molar-refractivity contribution < 1.29 is 19.1 Å². The molecule has 2 amide bonds. The maximum Gasteiger partial charge on any atom is 0.370 e. The van der Waals surface area contributed by atoms with E-state index in [1.54, 1.807) is 24.3 Å². The number of nitriles is 1. The van der Waals surface area contributed by atoms with E-state index in [1.807, 2.05) is 27.7 Å². The predicted octanol–water partition coefficient (Wildman–Crippen LogP) is 5.84. The number of imide groups is 1. The lowest BCUT2D eigenvalue weighted by atomic mass is 9.99. The topological polar surface area (TPSA) is 112 Å². The molecule has 0 spiro atoms. The minimum atomic E-state index is -0.829. The summed E-state index contributed by atoms with van der Waals surface area (Å²) >= 11 is 0. The Morgan fingerprint density at radius 2 is 1.74 bits per heavy atom. The summed E-state index contributed by atoms with van der Waals surface area (Å²) < 4.78 is 5.55. The number of anilines is 1. The van der Waals surface area contributed by atoms with Crippen LogP contribution in [0.15, 0.2) is 23.3 Å². The number of esters is 1. The van der Waals surface area contributed by atoms with Crippen molar-refractivity contribution in [2.75, 3.05) is 5.43 Å². The van der Waals surface area contributed by atoms with Gasteiger partial charge >= 0.3 is 5.97 Å². The highest BCUT2D eigenvalue weighted by molar-refractivity contribution is 6.43. The third kappa shape index (κ3) is 7.14. The van der Waals surface area contributed by atoms with Crippen LogP contribution in [0.3, 0.4) is 0 Å². The number of carbonyl (C=O) groups excluding carboxylic acids is 3. The number of nitrogens with zero attached hydrogens (tertiary/aromatic N) is 3. The Labute approximate surface area is 208 Å². The average molecular weight is 483 g/mol. The molecule has 8 nitrogen and oxygen atoms in total. The number of ether oxygens (including phenoxy) is 1. The van der Waals surface area contributed by atoms with Gasteiger partial charge in [-0.1, -0.05) is 58.9 Å². The fourth-order valence-electron chi connectivity index (χ4n) is 4.30. The summed E-state index contributed by atoms with van der Waals surface area (Å²) in [5.74, 6) is -1.58. The molecule has 1 N–H and O–H groups in total. The van der Waals surface area contributed by atoms with Crippen molar-refractivity contribution in [2.45, 2.75) is 104 Å². The van der Waals surface area contributed by atoms with Gasteiger partial charge in [0.15, 0.2) is 0 Å². The summed E-state index contributed by atoms with van der Waals surface area (Å²) in [5, 5.41) is 13.4. The van der Waals surface area contributed by atoms with Gasteiger partial charge in [-0.3, -0.25) is 19.9 Å². The van der Waals surface area contributed by atoms with E-state index in [-0.39, 0.29) is 28.8 Å². The summed E-state index contributed by atoms with van der Waals surface area (Å²) in [4.78, 5) is 39.8. The fraction of sp³-hybridized carbons (Fsp3) is 0.593. The first-order valence-electron chi connectivity index (χ1n) is 12.7. The van der Waals surface area contributed by atoms with Crippen LogP contribution in [0.2, 0.25) is 0 Å². The zero-order valence-corrected chi connectivity index (χ0v) is 21.6. The third-order valence-electron chi connectivity index (χ3n) is 6.34. The van der Waals surface area contributed by atoms with Gasteiger partial charge in [-0.2, -0.15) is 10.4 Å². The minimum absolute atomic E-state index is 0.196. The van der Waals surface area contributed by atoms with E-state index < -0.39 is 23.2 Å². The number of carbonyl (C=O) groups is 3. The Morgan fingerprint density at radius 3 is 2.37 bits per heavy atom. The lowest BCUT2D eigenvalue weighted by molar-refractivity contribution is -0.148. The Bertz CT molecular complexity index is 989. The third-order valence-corrected chi connectivity index (χ3v) is 6.34. The molecule has 0 unspecified atom stereocenters. The summed E-state index contributed by atoms with van der Waals surface area (Å²) in [7, 11) is 0. The standard InChI is InChI=1S/C27H38N4O4/c1-6-9-10-11-12-13-17-27(4,5)35-26(34)22(18-28)30-29-21-16-14-15-20-23(21)25(33)31(24(20)32)19(7-2)8-3/h14-16,19,29H,6-13,17H2,1-5H3. The molecule has 0 radical (unpaired) electrons. The van der Waals surface area contributed by atoms with E-state index in [4.69, 9.17) is 4.74 Å². The number of nitrogens with one attached hydrogen (secondary N) is 1. The smallest absolute Gasteiger partial charge is 0.370 e. The highest BCUT2D eigenvalue weighted by Gasteiger charge is 2.40. The normalized spacial score (nSPS) is 13.7. The Morgan fingerprint density at radius 1 is 1.09 bits per heavy atom. The van der Waals surface area contributed by atoms with Crippen LogP contribution in [0.25, 0.3) is 0 Å². The van der Waals surface area contributed by atoms with Crippen LogP contribution in [0.1, 0.15) is 113 Å². The number of fused-ring (bicyclic) bond motifs is 1. The largest absolute Gasteiger partial charge is 0.454 e. The molecule has 190 valence electrons. The predicted molar refractivity (Wildman–Crippen MR) is 136 cm³/mol. The van der Waals surface area contributed by atoms with E-state index >= 15 is 0 Å². The van der Waals surface area contributed by atoms with Crippen LogP contribution < -0.4 is 5.43 Å². The summed E-state index contributed by atoms with van der Waals surface area (Å²) in [6, 6.07) is 6.39. The van der Waals surface area contributed by atoms with Gasteiger partial charge in [0.05, 0.1) is 16.8 Å². The molecule has 0 aromatic heterocycles. The Hall–Kier alpha value is -3.21. The van der Waals surface area contributed by atoms with Gasteiger partial charge < -0.3 is 4.74 Å². The molecule has 0 aliphatic carbocycles. The van der Waals surface area contributed by atoms with Gasteiger partial charge in [-0.05, 0) is 51.7 Å². The van der Waals surface area contributed by atoms with Crippen LogP contribution in [0.5, 0.6) is 0 Å². The average Bonchev–Trinajstić information content (AvgIpc) is 3.08. The molecule has 0 bridgehead atoms. The molecule has 0 saturated heterocycles. The highest BCUT2D eigenvalue weighted by atomic mass is 16.6. The molecular weight excluding hydrogens is 444 g/mol. The van der Waals surface area contributed by atoms with Crippen LogP contribution in [0, 0.1) is 11.3 Å². The summed E-state index contributed by atoms with van der Waals surface area (Å²) in [6.45, 7) is 9.68. The number of rotatable bonds is 14. The van der Waals surface area contributed by atoms with Gasteiger partial charge in [-0.15, -0.1) is 0 Å². The number of hydrazone groups is 1. The van der Waals surface area contributed by atoms with Crippen molar-refractivity contribution in [3.05, 3.63) is 29.3 Å². The molecule has 1 aromatic carbocycles. The summed E-state index contributed by atoms with van der Waals surface area (Å²) in [6.07, 6.45) is 8.79. The van der Waals surface area contributed by atoms with Crippen molar-refractivity contribution in [1.82, 2.24) is 4.90 Å². The van der Waals surface area contributed by atoms with Crippen molar-refractivity contribution in [3.8, 4) is 6.07 Å². The molecular formula is C27H38N4O4. The molecule has 35 heavy (non-hydrogen) atoms. The molecule has 1 aliphatic rings. The number of benzene rings is 1. The van der Waals surface area contributed by atoms with Gasteiger partial charge in [-0.25, -0.2) is 4.79 Å². The number of amides is 2.